The summed E-state index contributed by atoms with van der Waals surface area (Å²) in [7, 11) is 0. The summed E-state index contributed by atoms with van der Waals surface area (Å²) in [6.45, 7) is 1.83. The van der Waals surface area contributed by atoms with Crippen LogP contribution in [0.1, 0.15) is 34.6 Å². The van der Waals surface area contributed by atoms with Crippen LogP contribution >= 0.6 is 0 Å². The van der Waals surface area contributed by atoms with Crippen molar-refractivity contribution >= 4 is 11.5 Å². The zero-order chi connectivity index (χ0) is 9.42. The molecule has 0 fully saturated rings. The van der Waals surface area contributed by atoms with E-state index >= 15 is 0 Å². The van der Waals surface area contributed by atoms with Gasteiger partial charge in [0.05, 0.1) is 11.4 Å². The fraction of sp³-hybridized carbons (Fsp3) is 0.400. The van der Waals surface area contributed by atoms with E-state index in [2.05, 4.69) is 4.98 Å². The third-order valence-electron chi connectivity index (χ3n) is 2.45. The fourth-order valence-electron chi connectivity index (χ4n) is 1.65. The minimum absolute atomic E-state index is 0.157. The molecule has 2 rings (SSSR count). The first-order valence-corrected chi connectivity index (χ1v) is 4.47. The second kappa shape index (κ2) is 2.83. The smallest absolute Gasteiger partial charge is 0.181 e. The summed E-state index contributed by atoms with van der Waals surface area (Å²) >= 11 is 0. The number of carbonyl (C=O) groups excluding carboxylic acids is 1. The Morgan fingerprint density at radius 3 is 3.00 bits per heavy atom. The number of nitrogens with two attached hydrogens (primary N) is 1. The van der Waals surface area contributed by atoms with Crippen LogP contribution in [0.5, 0.6) is 0 Å². The molecule has 0 aromatic carbocycles. The van der Waals surface area contributed by atoms with Crippen molar-refractivity contribution in [1.29, 1.82) is 0 Å². The first-order chi connectivity index (χ1) is 6.18. The third kappa shape index (κ3) is 1.30. The SMILES string of the molecule is Cc1nc2c(cc1N)CCCC2=O. The largest absolute Gasteiger partial charge is 0.397 e. The number of nitrogens with zero attached hydrogens (tertiary/aromatic N) is 1. The maximum absolute atomic E-state index is 11.4. The number of ketones is 1. The predicted octanol–water partition coefficient (Wildman–Crippen LogP) is 1.49. The van der Waals surface area contributed by atoms with Gasteiger partial charge in [0.25, 0.3) is 0 Å². The maximum atomic E-state index is 11.4. The Morgan fingerprint density at radius 1 is 1.46 bits per heavy atom. The lowest BCUT2D eigenvalue weighted by Crippen LogP contribution is -2.14. The van der Waals surface area contributed by atoms with Crippen molar-refractivity contribution in [2.45, 2.75) is 26.2 Å². The molecule has 0 aliphatic heterocycles. The molecule has 0 saturated carbocycles. The Labute approximate surface area is 77.0 Å². The van der Waals surface area contributed by atoms with Crippen molar-refractivity contribution in [3.8, 4) is 0 Å². The van der Waals surface area contributed by atoms with E-state index in [9.17, 15) is 4.79 Å². The number of hydrogen-bond donors (Lipinski definition) is 1. The van der Waals surface area contributed by atoms with Crippen molar-refractivity contribution in [3.05, 3.63) is 23.0 Å². The molecule has 3 heteroatoms. The van der Waals surface area contributed by atoms with Crippen LogP contribution in [0.2, 0.25) is 0 Å². The molecule has 68 valence electrons. The van der Waals surface area contributed by atoms with Gasteiger partial charge < -0.3 is 5.73 Å². The number of aromatic nitrogens is 1. The molecule has 2 N–H and O–H groups in total. The van der Waals surface area contributed by atoms with E-state index in [4.69, 9.17) is 5.73 Å². The van der Waals surface area contributed by atoms with Gasteiger partial charge in [-0.3, -0.25) is 4.79 Å². The van der Waals surface area contributed by atoms with Crippen molar-refractivity contribution in [2.24, 2.45) is 0 Å². The molecule has 0 saturated heterocycles. The Bertz CT molecular complexity index is 371. The van der Waals surface area contributed by atoms with Crippen molar-refractivity contribution < 1.29 is 4.79 Å². The molecule has 0 radical (unpaired) electrons. The van der Waals surface area contributed by atoms with Crippen LogP contribution in [0, 0.1) is 6.92 Å². The van der Waals surface area contributed by atoms with E-state index in [0.717, 1.165) is 24.1 Å². The van der Waals surface area contributed by atoms with Gasteiger partial charge in [-0.25, -0.2) is 4.98 Å². The molecule has 1 aromatic heterocycles. The first kappa shape index (κ1) is 8.23. The van der Waals surface area contributed by atoms with Gasteiger partial charge in [0.2, 0.25) is 0 Å². The monoisotopic (exact) mass is 176 g/mol. The van der Waals surface area contributed by atoms with E-state index in [1.165, 1.54) is 0 Å². The van der Waals surface area contributed by atoms with Crippen molar-refractivity contribution in [2.75, 3.05) is 5.73 Å². The molecular weight excluding hydrogens is 164 g/mol. The lowest BCUT2D eigenvalue weighted by Gasteiger charge is -2.14. The topological polar surface area (TPSA) is 56.0 Å². The highest BCUT2D eigenvalue weighted by Crippen LogP contribution is 2.22. The van der Waals surface area contributed by atoms with Gasteiger partial charge in [0, 0.05) is 6.42 Å². The highest BCUT2D eigenvalue weighted by molar-refractivity contribution is 5.96. The molecule has 1 aromatic rings. The number of aryl methyl sites for hydroxylation is 2. The van der Waals surface area contributed by atoms with E-state index < -0.39 is 0 Å². The number of Topliss-reactive ketones (excluding diaryl/α,β-unsaturated/α-hetero) is 1. The van der Waals surface area contributed by atoms with E-state index in [0.29, 0.717) is 17.8 Å². The average molecular weight is 176 g/mol. The second-order valence-corrected chi connectivity index (χ2v) is 3.45. The van der Waals surface area contributed by atoms with Gasteiger partial charge in [0.1, 0.15) is 5.69 Å². The van der Waals surface area contributed by atoms with Gasteiger partial charge >= 0.3 is 0 Å². The van der Waals surface area contributed by atoms with Gasteiger partial charge in [0.15, 0.2) is 5.78 Å². The summed E-state index contributed by atoms with van der Waals surface area (Å²) in [4.78, 5) is 15.7. The predicted molar refractivity (Wildman–Crippen MR) is 50.7 cm³/mol. The molecule has 1 heterocycles. The summed E-state index contributed by atoms with van der Waals surface area (Å²) in [5.74, 6) is 0.157. The number of rotatable bonds is 0. The molecular formula is C10H12N2O. The zero-order valence-corrected chi connectivity index (χ0v) is 7.63. The summed E-state index contributed by atoms with van der Waals surface area (Å²) < 4.78 is 0. The molecule has 0 unspecified atom stereocenters. The highest BCUT2D eigenvalue weighted by Gasteiger charge is 2.19. The second-order valence-electron chi connectivity index (χ2n) is 3.45. The zero-order valence-electron chi connectivity index (χ0n) is 7.63. The van der Waals surface area contributed by atoms with Crippen LogP contribution in [0.3, 0.4) is 0 Å². The quantitative estimate of drug-likeness (QED) is 0.651. The molecule has 0 spiro atoms. The highest BCUT2D eigenvalue weighted by atomic mass is 16.1. The molecule has 13 heavy (non-hydrogen) atoms. The number of hydrogen-bond acceptors (Lipinski definition) is 3. The Hall–Kier alpha value is -1.38. The number of anilines is 1. The molecule has 1 aliphatic rings. The van der Waals surface area contributed by atoms with Crippen LogP contribution in [0.15, 0.2) is 6.07 Å². The Balaban J connectivity index is 2.58. The van der Waals surface area contributed by atoms with Crippen LogP contribution in [0.25, 0.3) is 0 Å². The molecule has 0 bridgehead atoms. The number of carbonyl (C=O) groups is 1. The van der Waals surface area contributed by atoms with Crippen LogP contribution in [-0.4, -0.2) is 10.8 Å². The van der Waals surface area contributed by atoms with Crippen molar-refractivity contribution in [1.82, 2.24) is 4.98 Å². The van der Waals surface area contributed by atoms with Crippen LogP contribution < -0.4 is 5.73 Å². The Kier molecular flexibility index (Phi) is 1.79. The molecule has 0 atom stereocenters. The fourth-order valence-corrected chi connectivity index (χ4v) is 1.65. The van der Waals surface area contributed by atoms with E-state index in [-0.39, 0.29) is 5.78 Å². The Morgan fingerprint density at radius 2 is 2.23 bits per heavy atom. The first-order valence-electron chi connectivity index (χ1n) is 4.47. The number of fused-ring (bicyclic) bond motifs is 1. The van der Waals surface area contributed by atoms with E-state index in [1.54, 1.807) is 0 Å². The van der Waals surface area contributed by atoms with Gasteiger partial charge in [-0.05, 0) is 31.4 Å². The van der Waals surface area contributed by atoms with Gasteiger partial charge in [-0.1, -0.05) is 0 Å². The number of nitrogen functional groups attached to an aromatic ring is 1. The summed E-state index contributed by atoms with van der Waals surface area (Å²) in [6, 6.07) is 1.88. The summed E-state index contributed by atoms with van der Waals surface area (Å²) in [5, 5.41) is 0. The van der Waals surface area contributed by atoms with Crippen molar-refractivity contribution in [3.63, 3.8) is 0 Å². The van der Waals surface area contributed by atoms with Crippen LogP contribution in [-0.2, 0) is 6.42 Å². The normalized spacial score (nSPS) is 15.6. The molecule has 1 aliphatic carbocycles. The molecule has 3 nitrogen and oxygen atoms in total. The summed E-state index contributed by atoms with van der Waals surface area (Å²) in [6.07, 6.45) is 2.48. The maximum Gasteiger partial charge on any atom is 0.181 e. The average Bonchev–Trinajstić information content (AvgIpc) is 2.09. The lowest BCUT2D eigenvalue weighted by molar-refractivity contribution is 0.0967. The van der Waals surface area contributed by atoms with Crippen LogP contribution in [0.4, 0.5) is 5.69 Å². The molecule has 0 amide bonds. The summed E-state index contributed by atoms with van der Waals surface area (Å²) in [5.41, 5.74) is 8.81. The minimum atomic E-state index is 0.157. The lowest BCUT2D eigenvalue weighted by atomic mass is 9.94. The minimum Gasteiger partial charge on any atom is -0.397 e. The number of pyridine rings is 1. The van der Waals surface area contributed by atoms with E-state index in [1.807, 2.05) is 13.0 Å². The van der Waals surface area contributed by atoms with Gasteiger partial charge in [-0.15, -0.1) is 0 Å². The standard InChI is InChI=1S/C10H12N2O/c1-6-8(11)5-7-3-2-4-9(13)10(7)12-6/h5H,2-4,11H2,1H3. The van der Waals surface area contributed by atoms with Gasteiger partial charge in [-0.2, -0.15) is 0 Å². The third-order valence-corrected chi connectivity index (χ3v) is 2.45.